The van der Waals surface area contributed by atoms with Gasteiger partial charge in [0, 0.05) is 0 Å². The summed E-state index contributed by atoms with van der Waals surface area (Å²) in [5, 5.41) is 9.05. The summed E-state index contributed by atoms with van der Waals surface area (Å²) in [6, 6.07) is 12.7. The standard InChI is InChI=1S/C17H15NO3/c1-11-3-2-4-14-15(11)18(17(21)16(14)20)9-12-5-7-13(10-19)8-6-12/h2-8,19H,9-10H2,1H3. The molecule has 1 amide bonds. The van der Waals surface area contributed by atoms with E-state index in [2.05, 4.69) is 0 Å². The zero-order valence-corrected chi connectivity index (χ0v) is 11.7. The van der Waals surface area contributed by atoms with Crippen LogP contribution in [0.15, 0.2) is 42.5 Å². The lowest BCUT2D eigenvalue weighted by molar-refractivity contribution is -0.114. The number of fused-ring (bicyclic) bond motifs is 1. The topological polar surface area (TPSA) is 57.6 Å². The average molecular weight is 281 g/mol. The van der Waals surface area contributed by atoms with Gasteiger partial charge in [0.1, 0.15) is 0 Å². The molecule has 0 aromatic heterocycles. The summed E-state index contributed by atoms with van der Waals surface area (Å²) in [5.74, 6) is -0.925. The number of Topliss-reactive ketones (excluding diaryl/α,β-unsaturated/α-hetero) is 1. The first-order valence-electron chi connectivity index (χ1n) is 6.76. The number of nitrogens with zero attached hydrogens (tertiary/aromatic N) is 1. The number of hydrogen-bond acceptors (Lipinski definition) is 3. The maximum Gasteiger partial charge on any atom is 0.299 e. The van der Waals surface area contributed by atoms with Crippen molar-refractivity contribution in [3.8, 4) is 0 Å². The van der Waals surface area contributed by atoms with Gasteiger partial charge in [-0.15, -0.1) is 0 Å². The number of ketones is 1. The van der Waals surface area contributed by atoms with E-state index in [0.29, 0.717) is 17.8 Å². The SMILES string of the molecule is Cc1cccc2c1N(Cc1ccc(CO)cc1)C(=O)C2=O. The molecule has 0 atom stereocenters. The summed E-state index contributed by atoms with van der Waals surface area (Å²) >= 11 is 0. The van der Waals surface area contributed by atoms with Gasteiger partial charge in [-0.2, -0.15) is 0 Å². The number of carbonyl (C=O) groups is 2. The Bertz CT molecular complexity index is 719. The predicted molar refractivity (Wildman–Crippen MR) is 79.1 cm³/mol. The minimum absolute atomic E-state index is 0.0106. The van der Waals surface area contributed by atoms with Crippen molar-refractivity contribution < 1.29 is 14.7 Å². The molecule has 0 saturated carbocycles. The Kier molecular flexibility index (Phi) is 3.31. The van der Waals surface area contributed by atoms with E-state index in [0.717, 1.165) is 16.7 Å². The first-order valence-corrected chi connectivity index (χ1v) is 6.76. The average Bonchev–Trinajstić information content (AvgIpc) is 2.74. The van der Waals surface area contributed by atoms with E-state index in [-0.39, 0.29) is 6.61 Å². The summed E-state index contributed by atoms with van der Waals surface area (Å²) in [4.78, 5) is 25.7. The number of aliphatic hydroxyl groups excluding tert-OH is 1. The van der Waals surface area contributed by atoms with Crippen molar-refractivity contribution in [3.63, 3.8) is 0 Å². The quantitative estimate of drug-likeness (QED) is 0.878. The monoisotopic (exact) mass is 281 g/mol. The molecule has 1 heterocycles. The van der Waals surface area contributed by atoms with Crippen molar-refractivity contribution >= 4 is 17.4 Å². The highest BCUT2D eigenvalue weighted by Crippen LogP contribution is 2.33. The molecular weight excluding hydrogens is 266 g/mol. The first kappa shape index (κ1) is 13.5. The van der Waals surface area contributed by atoms with Gasteiger partial charge in [0.05, 0.1) is 24.4 Å². The van der Waals surface area contributed by atoms with Crippen molar-refractivity contribution in [2.24, 2.45) is 0 Å². The summed E-state index contributed by atoms with van der Waals surface area (Å²) < 4.78 is 0. The van der Waals surface area contributed by atoms with E-state index >= 15 is 0 Å². The van der Waals surface area contributed by atoms with Crippen LogP contribution in [0.3, 0.4) is 0 Å². The van der Waals surface area contributed by atoms with Crippen LogP contribution in [0.25, 0.3) is 0 Å². The number of para-hydroxylation sites is 1. The van der Waals surface area contributed by atoms with Crippen LogP contribution < -0.4 is 4.90 Å². The van der Waals surface area contributed by atoms with Crippen molar-refractivity contribution in [2.45, 2.75) is 20.1 Å². The summed E-state index contributed by atoms with van der Waals surface area (Å²) in [6.45, 7) is 2.24. The van der Waals surface area contributed by atoms with Crippen LogP contribution in [0.5, 0.6) is 0 Å². The number of aryl methyl sites for hydroxylation is 1. The second-order valence-corrected chi connectivity index (χ2v) is 5.17. The van der Waals surface area contributed by atoms with Crippen LogP contribution in [0.1, 0.15) is 27.0 Å². The van der Waals surface area contributed by atoms with Crippen LogP contribution >= 0.6 is 0 Å². The van der Waals surface area contributed by atoms with E-state index in [9.17, 15) is 9.59 Å². The Labute approximate surface area is 122 Å². The highest BCUT2D eigenvalue weighted by molar-refractivity contribution is 6.52. The van der Waals surface area contributed by atoms with Crippen LogP contribution in [-0.2, 0) is 17.9 Å². The van der Waals surface area contributed by atoms with Crippen LogP contribution in [-0.4, -0.2) is 16.8 Å². The Morgan fingerprint density at radius 1 is 1.00 bits per heavy atom. The molecule has 0 unspecified atom stereocenters. The predicted octanol–water partition coefficient (Wildman–Crippen LogP) is 2.22. The lowest BCUT2D eigenvalue weighted by atomic mass is 10.1. The number of aliphatic hydroxyl groups is 1. The molecule has 0 aliphatic carbocycles. The Morgan fingerprint density at radius 2 is 1.67 bits per heavy atom. The fourth-order valence-corrected chi connectivity index (χ4v) is 2.62. The van der Waals surface area contributed by atoms with Crippen LogP contribution in [0.2, 0.25) is 0 Å². The fourth-order valence-electron chi connectivity index (χ4n) is 2.62. The summed E-state index contributed by atoms with van der Waals surface area (Å²) in [7, 11) is 0. The van der Waals surface area contributed by atoms with Crippen LogP contribution in [0, 0.1) is 6.92 Å². The van der Waals surface area contributed by atoms with Gasteiger partial charge >= 0.3 is 0 Å². The van der Waals surface area contributed by atoms with Gasteiger partial charge in [0.15, 0.2) is 0 Å². The largest absolute Gasteiger partial charge is 0.392 e. The second-order valence-electron chi connectivity index (χ2n) is 5.17. The Morgan fingerprint density at radius 3 is 2.33 bits per heavy atom. The van der Waals surface area contributed by atoms with Crippen molar-refractivity contribution in [3.05, 3.63) is 64.7 Å². The molecule has 2 aromatic rings. The molecule has 0 radical (unpaired) electrons. The van der Waals surface area contributed by atoms with Crippen molar-refractivity contribution in [1.82, 2.24) is 0 Å². The van der Waals surface area contributed by atoms with Gasteiger partial charge in [-0.1, -0.05) is 36.4 Å². The smallest absolute Gasteiger partial charge is 0.299 e. The molecule has 1 aliphatic heterocycles. The maximum atomic E-state index is 12.2. The number of amides is 1. The molecule has 106 valence electrons. The third kappa shape index (κ3) is 2.23. The van der Waals surface area contributed by atoms with Gasteiger partial charge in [-0.25, -0.2) is 0 Å². The first-order chi connectivity index (χ1) is 10.1. The summed E-state index contributed by atoms with van der Waals surface area (Å²) in [6.07, 6.45) is 0. The van der Waals surface area contributed by atoms with Crippen molar-refractivity contribution in [2.75, 3.05) is 4.90 Å². The van der Waals surface area contributed by atoms with E-state index in [4.69, 9.17) is 5.11 Å². The van der Waals surface area contributed by atoms with Gasteiger partial charge in [0.25, 0.3) is 11.7 Å². The van der Waals surface area contributed by atoms with Gasteiger partial charge in [0.2, 0.25) is 0 Å². The van der Waals surface area contributed by atoms with E-state index in [1.807, 2.05) is 37.3 Å². The number of hydrogen-bond donors (Lipinski definition) is 1. The lowest BCUT2D eigenvalue weighted by Crippen LogP contribution is -2.29. The highest BCUT2D eigenvalue weighted by atomic mass is 16.3. The van der Waals surface area contributed by atoms with E-state index in [1.54, 1.807) is 12.1 Å². The molecule has 0 fully saturated rings. The zero-order chi connectivity index (χ0) is 15.0. The molecule has 3 rings (SSSR count). The molecule has 0 bridgehead atoms. The molecule has 1 aliphatic rings. The van der Waals surface area contributed by atoms with Gasteiger partial charge in [-0.3, -0.25) is 9.59 Å². The molecule has 1 N–H and O–H groups in total. The molecule has 2 aromatic carbocycles. The molecule has 21 heavy (non-hydrogen) atoms. The summed E-state index contributed by atoms with van der Waals surface area (Å²) in [5.41, 5.74) is 3.84. The maximum absolute atomic E-state index is 12.2. The van der Waals surface area contributed by atoms with E-state index < -0.39 is 11.7 Å². The number of rotatable bonds is 3. The molecule has 0 spiro atoms. The Balaban J connectivity index is 1.96. The van der Waals surface area contributed by atoms with Gasteiger partial charge in [-0.05, 0) is 29.7 Å². The molecule has 4 nitrogen and oxygen atoms in total. The fraction of sp³-hybridized carbons (Fsp3) is 0.176. The normalized spacial score (nSPS) is 13.7. The second kappa shape index (κ2) is 5.14. The molecule has 4 heteroatoms. The highest BCUT2D eigenvalue weighted by Gasteiger charge is 2.36. The molecular formula is C17H15NO3. The van der Waals surface area contributed by atoms with Gasteiger partial charge < -0.3 is 10.0 Å². The minimum Gasteiger partial charge on any atom is -0.392 e. The minimum atomic E-state index is -0.481. The zero-order valence-electron chi connectivity index (χ0n) is 11.7. The lowest BCUT2D eigenvalue weighted by Gasteiger charge is -2.18. The third-order valence-corrected chi connectivity index (χ3v) is 3.74. The number of benzene rings is 2. The number of anilines is 1. The number of carbonyl (C=O) groups excluding carboxylic acids is 2. The van der Waals surface area contributed by atoms with Crippen LogP contribution in [0.4, 0.5) is 5.69 Å². The van der Waals surface area contributed by atoms with E-state index in [1.165, 1.54) is 4.90 Å². The Hall–Kier alpha value is -2.46. The third-order valence-electron chi connectivity index (χ3n) is 3.74. The molecule has 0 saturated heterocycles. The van der Waals surface area contributed by atoms with Crippen molar-refractivity contribution in [1.29, 1.82) is 0 Å².